The summed E-state index contributed by atoms with van der Waals surface area (Å²) in [6, 6.07) is 16.5. The highest BCUT2D eigenvalue weighted by Crippen LogP contribution is 2.28. The molecule has 0 saturated heterocycles. The number of hydrogen-bond donors (Lipinski definition) is 2. The summed E-state index contributed by atoms with van der Waals surface area (Å²) in [5.74, 6) is 1.09. The van der Waals surface area contributed by atoms with Gasteiger partial charge >= 0.3 is 0 Å². The number of para-hydroxylation sites is 1. The summed E-state index contributed by atoms with van der Waals surface area (Å²) in [4.78, 5) is 12.2. The molecule has 1 aromatic heterocycles. The molecule has 1 amide bonds. The summed E-state index contributed by atoms with van der Waals surface area (Å²) in [6.07, 6.45) is 1.56. The molecule has 0 bridgehead atoms. The third-order valence-corrected chi connectivity index (χ3v) is 3.78. The number of H-pyrrole nitrogens is 1. The number of methoxy groups -OCH3 is 1. The highest BCUT2D eigenvalue weighted by Gasteiger charge is 2.13. The number of aromatic amines is 1. The second-order valence-electron chi connectivity index (χ2n) is 5.57. The average molecular weight is 364 g/mol. The van der Waals surface area contributed by atoms with Crippen LogP contribution in [0.15, 0.2) is 59.7 Å². The van der Waals surface area contributed by atoms with Crippen LogP contribution in [0.3, 0.4) is 0 Å². The molecule has 0 spiro atoms. The first-order valence-corrected chi connectivity index (χ1v) is 8.46. The van der Waals surface area contributed by atoms with Crippen molar-refractivity contribution in [2.75, 3.05) is 13.7 Å². The van der Waals surface area contributed by atoms with Gasteiger partial charge in [-0.2, -0.15) is 10.2 Å². The maximum absolute atomic E-state index is 12.2. The van der Waals surface area contributed by atoms with Gasteiger partial charge in [-0.3, -0.25) is 9.89 Å². The third-order valence-electron chi connectivity index (χ3n) is 3.78. The SMILES string of the molecule is CCOc1ccc(/C=N/NC(=O)c2cc(-c3ccccc3OC)n[nH]2)cc1. The Kier molecular flexibility index (Phi) is 5.84. The summed E-state index contributed by atoms with van der Waals surface area (Å²) < 4.78 is 10.7. The van der Waals surface area contributed by atoms with E-state index in [1.165, 1.54) is 0 Å². The van der Waals surface area contributed by atoms with Crippen molar-refractivity contribution in [3.63, 3.8) is 0 Å². The summed E-state index contributed by atoms with van der Waals surface area (Å²) >= 11 is 0. The molecule has 138 valence electrons. The number of amides is 1. The molecule has 27 heavy (non-hydrogen) atoms. The Bertz CT molecular complexity index is 932. The molecule has 7 heteroatoms. The van der Waals surface area contributed by atoms with Crippen molar-refractivity contribution < 1.29 is 14.3 Å². The van der Waals surface area contributed by atoms with Gasteiger partial charge in [0.25, 0.3) is 5.91 Å². The standard InChI is InChI=1S/C20H20N4O3/c1-3-27-15-10-8-14(9-11-15)13-21-24-20(25)18-12-17(22-23-18)16-6-4-5-7-19(16)26-2/h4-13H,3H2,1-2H3,(H,22,23)(H,24,25)/b21-13+. The molecule has 0 saturated carbocycles. The van der Waals surface area contributed by atoms with Crippen LogP contribution in [0.2, 0.25) is 0 Å². The van der Waals surface area contributed by atoms with Crippen molar-refractivity contribution in [2.45, 2.75) is 6.92 Å². The first-order chi connectivity index (χ1) is 13.2. The molecule has 2 aromatic carbocycles. The van der Waals surface area contributed by atoms with Gasteiger partial charge in [0, 0.05) is 5.56 Å². The van der Waals surface area contributed by atoms with Gasteiger partial charge in [-0.1, -0.05) is 12.1 Å². The van der Waals surface area contributed by atoms with Crippen molar-refractivity contribution in [3.05, 3.63) is 65.9 Å². The Hall–Kier alpha value is -3.61. The van der Waals surface area contributed by atoms with Crippen LogP contribution in [0.1, 0.15) is 23.0 Å². The third kappa shape index (κ3) is 4.52. The van der Waals surface area contributed by atoms with Crippen LogP contribution in [0.5, 0.6) is 11.5 Å². The fourth-order valence-corrected chi connectivity index (χ4v) is 2.47. The lowest BCUT2D eigenvalue weighted by molar-refractivity contribution is 0.0950. The van der Waals surface area contributed by atoms with E-state index in [2.05, 4.69) is 20.7 Å². The Morgan fingerprint density at radius 1 is 1.22 bits per heavy atom. The minimum Gasteiger partial charge on any atom is -0.496 e. The van der Waals surface area contributed by atoms with Gasteiger partial charge in [0.1, 0.15) is 17.2 Å². The quantitative estimate of drug-likeness (QED) is 0.497. The lowest BCUT2D eigenvalue weighted by atomic mass is 10.1. The van der Waals surface area contributed by atoms with Crippen LogP contribution in [-0.2, 0) is 0 Å². The first-order valence-electron chi connectivity index (χ1n) is 8.46. The maximum Gasteiger partial charge on any atom is 0.289 e. The van der Waals surface area contributed by atoms with Crippen LogP contribution in [0, 0.1) is 0 Å². The van der Waals surface area contributed by atoms with Gasteiger partial charge in [0.2, 0.25) is 0 Å². The molecular weight excluding hydrogens is 344 g/mol. The summed E-state index contributed by atoms with van der Waals surface area (Å²) in [6.45, 7) is 2.55. The molecular formula is C20H20N4O3. The zero-order valence-corrected chi connectivity index (χ0v) is 15.1. The Morgan fingerprint density at radius 2 is 2.00 bits per heavy atom. The lowest BCUT2D eigenvalue weighted by Gasteiger charge is -2.04. The Balaban J connectivity index is 1.64. The summed E-state index contributed by atoms with van der Waals surface area (Å²) in [7, 11) is 1.59. The molecule has 0 aliphatic rings. The van der Waals surface area contributed by atoms with E-state index in [4.69, 9.17) is 9.47 Å². The van der Waals surface area contributed by atoms with Gasteiger partial charge in [0.05, 0.1) is 25.6 Å². The summed E-state index contributed by atoms with van der Waals surface area (Å²) in [5, 5.41) is 10.9. The lowest BCUT2D eigenvalue weighted by Crippen LogP contribution is -2.17. The number of carbonyl (C=O) groups is 1. The van der Waals surface area contributed by atoms with Crippen LogP contribution < -0.4 is 14.9 Å². The van der Waals surface area contributed by atoms with Crippen molar-refractivity contribution >= 4 is 12.1 Å². The van der Waals surface area contributed by atoms with Gasteiger partial charge in [-0.25, -0.2) is 5.43 Å². The minimum atomic E-state index is -0.383. The largest absolute Gasteiger partial charge is 0.496 e. The van der Waals surface area contributed by atoms with Crippen molar-refractivity contribution in [2.24, 2.45) is 5.10 Å². The van der Waals surface area contributed by atoms with Crippen molar-refractivity contribution in [3.8, 4) is 22.8 Å². The zero-order chi connectivity index (χ0) is 19.1. The second-order valence-corrected chi connectivity index (χ2v) is 5.57. The topological polar surface area (TPSA) is 88.6 Å². The summed E-state index contributed by atoms with van der Waals surface area (Å²) in [5.41, 5.74) is 5.05. The number of aromatic nitrogens is 2. The van der Waals surface area contributed by atoms with Crippen LogP contribution in [0.25, 0.3) is 11.3 Å². The molecule has 0 radical (unpaired) electrons. The van der Waals surface area contributed by atoms with E-state index >= 15 is 0 Å². The molecule has 2 N–H and O–H groups in total. The highest BCUT2D eigenvalue weighted by atomic mass is 16.5. The van der Waals surface area contributed by atoms with E-state index in [9.17, 15) is 4.79 Å². The molecule has 0 atom stereocenters. The van der Waals surface area contributed by atoms with E-state index in [0.717, 1.165) is 16.9 Å². The molecule has 0 unspecified atom stereocenters. The molecule has 1 heterocycles. The van der Waals surface area contributed by atoms with Gasteiger partial charge in [-0.05, 0) is 55.0 Å². The number of benzene rings is 2. The Labute approximate surface area is 157 Å². The van der Waals surface area contributed by atoms with E-state index in [-0.39, 0.29) is 5.91 Å². The molecule has 3 rings (SSSR count). The number of hydrazone groups is 1. The molecule has 3 aromatic rings. The molecule has 0 fully saturated rings. The number of carbonyl (C=O) groups excluding carboxylic acids is 1. The van der Waals surface area contributed by atoms with Gasteiger partial charge < -0.3 is 9.47 Å². The Morgan fingerprint density at radius 3 is 2.74 bits per heavy atom. The monoisotopic (exact) mass is 364 g/mol. The fourth-order valence-electron chi connectivity index (χ4n) is 2.47. The van der Waals surface area contributed by atoms with E-state index in [1.807, 2.05) is 55.5 Å². The number of nitrogens with zero attached hydrogens (tertiary/aromatic N) is 2. The number of rotatable bonds is 7. The van der Waals surface area contributed by atoms with E-state index in [0.29, 0.717) is 23.7 Å². The zero-order valence-electron chi connectivity index (χ0n) is 15.1. The van der Waals surface area contributed by atoms with Crippen LogP contribution in [0.4, 0.5) is 0 Å². The minimum absolute atomic E-state index is 0.305. The molecule has 7 nitrogen and oxygen atoms in total. The first kappa shape index (κ1) is 18.2. The number of ether oxygens (including phenoxy) is 2. The number of nitrogens with one attached hydrogen (secondary N) is 2. The predicted octanol–water partition coefficient (Wildman–Crippen LogP) is 3.25. The predicted molar refractivity (Wildman–Crippen MR) is 103 cm³/mol. The average Bonchev–Trinajstić information content (AvgIpc) is 3.19. The van der Waals surface area contributed by atoms with E-state index in [1.54, 1.807) is 19.4 Å². The van der Waals surface area contributed by atoms with E-state index < -0.39 is 0 Å². The van der Waals surface area contributed by atoms with Gasteiger partial charge in [0.15, 0.2) is 0 Å². The smallest absolute Gasteiger partial charge is 0.289 e. The fraction of sp³-hybridized carbons (Fsp3) is 0.150. The van der Waals surface area contributed by atoms with Gasteiger partial charge in [-0.15, -0.1) is 0 Å². The molecule has 0 aliphatic heterocycles. The van der Waals surface area contributed by atoms with Crippen LogP contribution in [-0.4, -0.2) is 36.0 Å². The normalized spacial score (nSPS) is 10.7. The highest BCUT2D eigenvalue weighted by molar-refractivity contribution is 5.94. The molecule has 0 aliphatic carbocycles. The van der Waals surface area contributed by atoms with Crippen LogP contribution >= 0.6 is 0 Å². The van der Waals surface area contributed by atoms with Crippen molar-refractivity contribution in [1.82, 2.24) is 15.6 Å². The maximum atomic E-state index is 12.2. The van der Waals surface area contributed by atoms with Crippen molar-refractivity contribution in [1.29, 1.82) is 0 Å². The number of hydrogen-bond acceptors (Lipinski definition) is 5. The second kappa shape index (κ2) is 8.66.